The molecule has 0 unspecified atom stereocenters. The van der Waals surface area contributed by atoms with Crippen molar-refractivity contribution in [2.24, 2.45) is 5.92 Å². The molecule has 1 saturated heterocycles. The van der Waals surface area contributed by atoms with Crippen LogP contribution >= 0.6 is 0 Å². The van der Waals surface area contributed by atoms with Crippen molar-refractivity contribution >= 4 is 22.8 Å². The Bertz CT molecular complexity index is 1380. The van der Waals surface area contributed by atoms with Crippen LogP contribution < -0.4 is 5.32 Å². The number of aliphatic hydroxyl groups is 1. The molecule has 8 nitrogen and oxygen atoms in total. The summed E-state index contributed by atoms with van der Waals surface area (Å²) < 4.78 is 20.2. The van der Waals surface area contributed by atoms with Gasteiger partial charge in [-0.25, -0.2) is 9.78 Å². The lowest BCUT2D eigenvalue weighted by atomic mass is 9.90. The van der Waals surface area contributed by atoms with Crippen LogP contribution in [-0.4, -0.2) is 33.5 Å². The molecule has 5 rings (SSSR count). The number of aromatic nitrogens is 2. The third-order valence-electron chi connectivity index (χ3n) is 6.79. The van der Waals surface area contributed by atoms with Gasteiger partial charge < -0.3 is 23.9 Å². The molecule has 1 aliphatic heterocycles. The largest absolute Gasteiger partial charge is 0.445 e. The van der Waals surface area contributed by atoms with E-state index in [-0.39, 0.29) is 31.3 Å². The average Bonchev–Trinajstić information content (AvgIpc) is 3.36. The lowest BCUT2D eigenvalue weighted by Crippen LogP contribution is -2.39. The molecule has 2 heterocycles. The summed E-state index contributed by atoms with van der Waals surface area (Å²) in [7, 11) is 0. The Balaban J connectivity index is 1.40. The van der Waals surface area contributed by atoms with Gasteiger partial charge in [-0.05, 0) is 35.4 Å². The molecule has 1 aromatic heterocycles. The fourth-order valence-electron chi connectivity index (χ4n) is 4.69. The van der Waals surface area contributed by atoms with Gasteiger partial charge in [-0.2, -0.15) is 0 Å². The van der Waals surface area contributed by atoms with Crippen LogP contribution in [0.5, 0.6) is 0 Å². The molecule has 1 amide bonds. The number of carbonyl (C=O) groups excluding carboxylic acids is 1. The van der Waals surface area contributed by atoms with Crippen molar-refractivity contribution in [3.8, 4) is 0 Å². The molecule has 3 aromatic carbocycles. The normalized spacial score (nSPS) is 21.2. The van der Waals surface area contributed by atoms with E-state index >= 15 is 0 Å². The molecule has 196 valence electrons. The van der Waals surface area contributed by atoms with Crippen molar-refractivity contribution in [3.63, 3.8) is 0 Å². The highest BCUT2D eigenvalue weighted by Gasteiger charge is 2.38. The molecule has 0 spiro atoms. The van der Waals surface area contributed by atoms with E-state index in [4.69, 9.17) is 14.2 Å². The number of benzene rings is 3. The maximum atomic E-state index is 11.9. The first-order chi connectivity index (χ1) is 18.6. The van der Waals surface area contributed by atoms with E-state index in [1.54, 1.807) is 12.1 Å². The molecule has 0 aliphatic carbocycles. The number of nitrogens with zero attached hydrogens (tertiary/aromatic N) is 2. The molecule has 2 N–H and O–H groups in total. The average molecular weight is 514 g/mol. The van der Waals surface area contributed by atoms with Crippen LogP contribution in [0.1, 0.15) is 36.0 Å². The predicted octanol–water partition coefficient (Wildman–Crippen LogP) is 5.75. The Hall–Kier alpha value is -3.98. The van der Waals surface area contributed by atoms with E-state index in [0.29, 0.717) is 12.2 Å². The molecule has 8 heteroatoms. The van der Waals surface area contributed by atoms with Crippen molar-refractivity contribution < 1.29 is 24.1 Å². The van der Waals surface area contributed by atoms with Gasteiger partial charge in [-0.15, -0.1) is 0 Å². The molecule has 0 bridgehead atoms. The van der Waals surface area contributed by atoms with Gasteiger partial charge in [0.25, 0.3) is 0 Å². The molecule has 0 radical (unpaired) electrons. The number of fused-ring (bicyclic) bond motifs is 1. The van der Waals surface area contributed by atoms with Crippen molar-refractivity contribution in [3.05, 3.63) is 108 Å². The van der Waals surface area contributed by atoms with Crippen molar-refractivity contribution in [1.82, 2.24) is 9.55 Å². The number of amides is 1. The molecule has 38 heavy (non-hydrogen) atoms. The standard InChI is InChI=1S/C30H31N3O5/c1-3-16-36-30(35)32-24-14-12-23(13-15-24)29-37-27(17-33-19-31-25-6-4-5-7-26(25)33)20(2)28(38-29)22-10-8-21(18-34)9-11-22/h3-15,19-20,27-29,34H,1,16-18H2,2H3,(H,32,35)/t20-,27+,28+,29+/m0/s1. The first kappa shape index (κ1) is 25.7. The fraction of sp³-hybridized carbons (Fsp3) is 0.267. The summed E-state index contributed by atoms with van der Waals surface area (Å²) in [6, 6.07) is 23.2. The van der Waals surface area contributed by atoms with Crippen LogP contribution in [0.25, 0.3) is 11.0 Å². The first-order valence-electron chi connectivity index (χ1n) is 12.6. The maximum absolute atomic E-state index is 11.9. The van der Waals surface area contributed by atoms with Crippen LogP contribution in [0, 0.1) is 5.92 Å². The van der Waals surface area contributed by atoms with E-state index < -0.39 is 12.4 Å². The smallest absolute Gasteiger partial charge is 0.411 e. The zero-order valence-corrected chi connectivity index (χ0v) is 21.2. The Morgan fingerprint density at radius 2 is 1.82 bits per heavy atom. The van der Waals surface area contributed by atoms with E-state index in [2.05, 4.69) is 34.4 Å². The van der Waals surface area contributed by atoms with E-state index in [1.165, 1.54) is 6.08 Å². The number of nitrogens with one attached hydrogen (secondary N) is 1. The summed E-state index contributed by atoms with van der Waals surface area (Å²) in [4.78, 5) is 16.4. The van der Waals surface area contributed by atoms with Crippen LogP contribution in [0.4, 0.5) is 10.5 Å². The molecule has 4 aromatic rings. The number of hydrogen-bond donors (Lipinski definition) is 2. The lowest BCUT2D eigenvalue weighted by Gasteiger charge is -2.41. The summed E-state index contributed by atoms with van der Waals surface area (Å²) in [5, 5.41) is 12.2. The van der Waals surface area contributed by atoms with E-state index in [9.17, 15) is 9.90 Å². The third kappa shape index (κ3) is 5.62. The van der Waals surface area contributed by atoms with Crippen LogP contribution in [0.3, 0.4) is 0 Å². The van der Waals surface area contributed by atoms with Gasteiger partial charge in [0.05, 0.1) is 42.7 Å². The Kier molecular flexibility index (Phi) is 7.83. The summed E-state index contributed by atoms with van der Waals surface area (Å²) >= 11 is 0. The number of para-hydroxylation sites is 2. The molecule has 4 atom stereocenters. The summed E-state index contributed by atoms with van der Waals surface area (Å²) in [6.07, 6.45) is 1.81. The van der Waals surface area contributed by atoms with Crippen molar-refractivity contribution in [2.45, 2.75) is 38.6 Å². The van der Waals surface area contributed by atoms with Crippen LogP contribution in [0.2, 0.25) is 0 Å². The number of rotatable bonds is 8. The molecule has 1 aliphatic rings. The number of carbonyl (C=O) groups is 1. The highest BCUT2D eigenvalue weighted by molar-refractivity contribution is 5.84. The monoisotopic (exact) mass is 513 g/mol. The van der Waals surface area contributed by atoms with E-state index in [1.807, 2.05) is 60.9 Å². The Labute approximate surface area is 221 Å². The molecule has 1 fully saturated rings. The molecule has 0 saturated carbocycles. The molecular formula is C30H31N3O5. The maximum Gasteiger partial charge on any atom is 0.411 e. The number of aliphatic hydroxyl groups excluding tert-OH is 1. The highest BCUT2D eigenvalue weighted by atomic mass is 16.7. The van der Waals surface area contributed by atoms with Crippen molar-refractivity contribution in [1.29, 1.82) is 0 Å². The molecular weight excluding hydrogens is 482 g/mol. The number of anilines is 1. The second kappa shape index (κ2) is 11.6. The lowest BCUT2D eigenvalue weighted by molar-refractivity contribution is -0.276. The van der Waals surface area contributed by atoms with Gasteiger partial charge in [0.2, 0.25) is 0 Å². The summed E-state index contributed by atoms with van der Waals surface area (Å²) in [6.45, 7) is 6.41. The highest BCUT2D eigenvalue weighted by Crippen LogP contribution is 2.42. The zero-order chi connectivity index (χ0) is 26.5. The summed E-state index contributed by atoms with van der Waals surface area (Å²) in [5.41, 5.74) is 5.29. The van der Waals surface area contributed by atoms with Gasteiger partial charge in [-0.1, -0.05) is 68.1 Å². The first-order valence-corrected chi connectivity index (χ1v) is 12.6. The number of hydrogen-bond acceptors (Lipinski definition) is 6. The van der Waals surface area contributed by atoms with Crippen LogP contribution in [0.15, 0.2) is 91.8 Å². The van der Waals surface area contributed by atoms with Gasteiger partial charge >= 0.3 is 6.09 Å². The number of imidazole rings is 1. The summed E-state index contributed by atoms with van der Waals surface area (Å²) in [5.74, 6) is 0.0351. The van der Waals surface area contributed by atoms with Gasteiger partial charge in [-0.3, -0.25) is 5.32 Å². The van der Waals surface area contributed by atoms with E-state index in [0.717, 1.165) is 27.7 Å². The minimum atomic E-state index is -0.615. The SMILES string of the molecule is C=CCOC(=O)Nc1ccc([C@@H]2O[C@H](Cn3cnc4ccccc43)[C@H](C)[C@H](c3ccc(CO)cc3)O2)cc1. The Morgan fingerprint density at radius 1 is 1.08 bits per heavy atom. The number of ether oxygens (including phenoxy) is 3. The van der Waals surface area contributed by atoms with Crippen molar-refractivity contribution in [2.75, 3.05) is 11.9 Å². The second-order valence-electron chi connectivity index (χ2n) is 9.34. The fourth-order valence-corrected chi connectivity index (χ4v) is 4.69. The van der Waals surface area contributed by atoms with Crippen LogP contribution in [-0.2, 0) is 27.4 Å². The van der Waals surface area contributed by atoms with Gasteiger partial charge in [0, 0.05) is 17.2 Å². The Morgan fingerprint density at radius 3 is 2.55 bits per heavy atom. The van der Waals surface area contributed by atoms with Gasteiger partial charge in [0.15, 0.2) is 6.29 Å². The predicted molar refractivity (Wildman–Crippen MR) is 144 cm³/mol. The second-order valence-corrected chi connectivity index (χ2v) is 9.34. The third-order valence-corrected chi connectivity index (χ3v) is 6.79. The minimum absolute atomic E-state index is 0.00899. The minimum Gasteiger partial charge on any atom is -0.445 e. The van der Waals surface area contributed by atoms with Gasteiger partial charge in [0.1, 0.15) is 6.61 Å². The quantitative estimate of drug-likeness (QED) is 0.291. The zero-order valence-electron chi connectivity index (χ0n) is 21.2. The topological polar surface area (TPSA) is 94.8 Å².